The molecule has 6 heteroatoms. The van der Waals surface area contributed by atoms with Crippen LogP contribution in [0.3, 0.4) is 0 Å². The van der Waals surface area contributed by atoms with Crippen LogP contribution in [0.5, 0.6) is 0 Å². The van der Waals surface area contributed by atoms with E-state index in [0.29, 0.717) is 23.7 Å². The van der Waals surface area contributed by atoms with Crippen molar-refractivity contribution in [1.29, 1.82) is 0 Å². The highest BCUT2D eigenvalue weighted by Gasteiger charge is 2.56. The minimum atomic E-state index is -0.786. The van der Waals surface area contributed by atoms with Crippen molar-refractivity contribution >= 4 is 24.3 Å². The third-order valence-electron chi connectivity index (χ3n) is 7.24. The maximum absolute atomic E-state index is 10.9. The fraction of sp³-hybridized carbons (Fsp3) is 0.579. The van der Waals surface area contributed by atoms with Gasteiger partial charge in [0, 0.05) is 35.1 Å². The molecule has 5 nitrogen and oxygen atoms in total. The Morgan fingerprint density at radius 3 is 2.76 bits per heavy atom. The molecule has 0 radical (unpaired) electrons. The Bertz CT molecular complexity index is 820. The molecule has 6 aliphatic rings. The molecule has 25 heavy (non-hydrogen) atoms. The first-order chi connectivity index (χ1) is 12.1. The van der Waals surface area contributed by atoms with E-state index in [1.165, 1.54) is 12.8 Å². The van der Waals surface area contributed by atoms with E-state index in [2.05, 4.69) is 27.6 Å². The van der Waals surface area contributed by atoms with Gasteiger partial charge in [0.15, 0.2) is 0 Å². The van der Waals surface area contributed by atoms with E-state index < -0.39 is 12.7 Å². The van der Waals surface area contributed by atoms with Crippen molar-refractivity contribution in [3.63, 3.8) is 0 Å². The molecule has 4 saturated carbocycles. The van der Waals surface area contributed by atoms with Crippen molar-refractivity contribution in [3.8, 4) is 0 Å². The third kappa shape index (κ3) is 1.92. The monoisotopic (exact) mass is 335 g/mol. The summed E-state index contributed by atoms with van der Waals surface area (Å²) >= 11 is 0. The minimum absolute atomic E-state index is 0.385. The van der Waals surface area contributed by atoms with Crippen LogP contribution in [0.1, 0.15) is 48.9 Å². The van der Waals surface area contributed by atoms with Gasteiger partial charge in [-0.05, 0) is 49.9 Å². The Morgan fingerprint density at radius 2 is 2.00 bits per heavy atom. The van der Waals surface area contributed by atoms with E-state index in [1.807, 2.05) is 6.20 Å². The molecule has 3 unspecified atom stereocenters. The van der Waals surface area contributed by atoms with Crippen LogP contribution in [0.2, 0.25) is 0 Å². The lowest BCUT2D eigenvalue weighted by atomic mass is 9.48. The van der Waals surface area contributed by atoms with Crippen LogP contribution in [-0.4, -0.2) is 33.5 Å². The van der Waals surface area contributed by atoms with E-state index in [-0.39, 0.29) is 0 Å². The van der Waals surface area contributed by atoms with Crippen molar-refractivity contribution < 1.29 is 10.1 Å². The normalized spacial score (nSPS) is 39.9. The molecular formula is C19H22BN3O2. The first-order valence-corrected chi connectivity index (χ1v) is 9.53. The number of nitrogens with one attached hydrogen (secondary N) is 1. The average molecular weight is 335 g/mol. The molecule has 0 spiro atoms. The number of pyridine rings is 1. The lowest BCUT2D eigenvalue weighted by molar-refractivity contribution is -0.137. The molecule has 5 aliphatic carbocycles. The second-order valence-corrected chi connectivity index (χ2v) is 8.80. The molecule has 1 aromatic rings. The Morgan fingerprint density at radius 1 is 1.20 bits per heavy atom. The van der Waals surface area contributed by atoms with Crippen LogP contribution < -0.4 is 10.8 Å². The highest BCUT2D eigenvalue weighted by Crippen LogP contribution is 2.59. The highest BCUT2D eigenvalue weighted by atomic mass is 16.3. The Kier molecular flexibility index (Phi) is 2.75. The molecule has 1 aromatic heterocycles. The second-order valence-electron chi connectivity index (χ2n) is 8.80. The third-order valence-corrected chi connectivity index (χ3v) is 7.24. The molecule has 0 saturated heterocycles. The summed E-state index contributed by atoms with van der Waals surface area (Å²) in [5.74, 6) is 2.09. The van der Waals surface area contributed by atoms with E-state index in [9.17, 15) is 10.1 Å². The topological polar surface area (TPSA) is 77.7 Å². The molecule has 0 amide bonds. The zero-order valence-corrected chi connectivity index (χ0v) is 14.2. The van der Waals surface area contributed by atoms with Gasteiger partial charge in [0.1, 0.15) is 0 Å². The molecule has 5 atom stereocenters. The molecular weight excluding hydrogens is 313 g/mol. The minimum Gasteiger partial charge on any atom is -0.428 e. The second kappa shape index (κ2) is 4.74. The standard InChI is InChI=1S/C19H22BN3O2/c24-19-6-10-4-11(7-19)16(12(5-10)8-19)18-17-13-2-1-3-15(13)21-9-14(17)20(25)23-22-18/h1-2,9-12,16,23-25H,3-8H2/t10?,11-,12+,16?,19?. The van der Waals surface area contributed by atoms with Gasteiger partial charge in [-0.2, -0.15) is 5.10 Å². The summed E-state index contributed by atoms with van der Waals surface area (Å²) in [4.78, 5) is 4.55. The number of aliphatic hydroxyl groups is 1. The summed E-state index contributed by atoms with van der Waals surface area (Å²) in [5.41, 5.74) is 4.85. The molecule has 3 N–H and O–H groups in total. The number of allylic oxidation sites excluding steroid dienone is 1. The summed E-state index contributed by atoms with van der Waals surface area (Å²) in [5, 5.41) is 28.9. The zero-order chi connectivity index (χ0) is 16.8. The van der Waals surface area contributed by atoms with Gasteiger partial charge in [-0.1, -0.05) is 12.2 Å². The summed E-state index contributed by atoms with van der Waals surface area (Å²) in [6, 6.07) is 0. The van der Waals surface area contributed by atoms with Gasteiger partial charge in [0.25, 0.3) is 0 Å². The maximum atomic E-state index is 10.9. The van der Waals surface area contributed by atoms with Crippen LogP contribution in [0.4, 0.5) is 0 Å². The number of fused-ring (bicyclic) bond motifs is 3. The van der Waals surface area contributed by atoms with Gasteiger partial charge in [0.2, 0.25) is 0 Å². The molecule has 4 fully saturated rings. The SMILES string of the molecule is OB1NN=C(C2[C@@H]3CC4C[C@H]2CC(O)(C4)C3)c2c1cnc1c2C=CC1. The van der Waals surface area contributed by atoms with Crippen LogP contribution in [0.25, 0.3) is 6.08 Å². The van der Waals surface area contributed by atoms with Crippen LogP contribution in [0.15, 0.2) is 17.4 Å². The maximum Gasteiger partial charge on any atom is 0.465 e. The number of nitrogens with zero attached hydrogens (tertiary/aromatic N) is 2. The highest BCUT2D eigenvalue weighted by molar-refractivity contribution is 6.66. The lowest BCUT2D eigenvalue weighted by Crippen LogP contribution is -2.59. The fourth-order valence-corrected chi connectivity index (χ4v) is 6.63. The molecule has 7 rings (SSSR count). The first-order valence-electron chi connectivity index (χ1n) is 9.53. The molecule has 0 aromatic carbocycles. The predicted octanol–water partition coefficient (Wildman–Crippen LogP) is 0.833. The molecule has 4 bridgehead atoms. The van der Waals surface area contributed by atoms with Gasteiger partial charge in [-0.25, -0.2) is 0 Å². The van der Waals surface area contributed by atoms with Crippen molar-refractivity contribution in [2.45, 2.75) is 44.1 Å². The summed E-state index contributed by atoms with van der Waals surface area (Å²) in [6.07, 6.45) is 12.2. The summed E-state index contributed by atoms with van der Waals surface area (Å²) in [7, 11) is -0.786. The first kappa shape index (κ1) is 14.5. The van der Waals surface area contributed by atoms with Gasteiger partial charge < -0.3 is 15.5 Å². The Hall–Kier alpha value is -1.66. The Balaban J connectivity index is 1.49. The van der Waals surface area contributed by atoms with Gasteiger partial charge >= 0.3 is 7.05 Å². The van der Waals surface area contributed by atoms with Gasteiger partial charge in [-0.3, -0.25) is 4.98 Å². The van der Waals surface area contributed by atoms with E-state index in [4.69, 9.17) is 0 Å². The summed E-state index contributed by atoms with van der Waals surface area (Å²) < 4.78 is 0. The number of aromatic nitrogens is 1. The number of hydrogen-bond acceptors (Lipinski definition) is 5. The smallest absolute Gasteiger partial charge is 0.428 e. The number of rotatable bonds is 1. The van der Waals surface area contributed by atoms with Gasteiger partial charge in [-0.15, -0.1) is 0 Å². The van der Waals surface area contributed by atoms with Crippen molar-refractivity contribution in [3.05, 3.63) is 29.1 Å². The molecule has 2 heterocycles. The van der Waals surface area contributed by atoms with Gasteiger partial charge in [0.05, 0.1) is 17.0 Å². The number of hydrogen-bond donors (Lipinski definition) is 3. The zero-order valence-electron chi connectivity index (χ0n) is 14.2. The molecule has 1 aliphatic heterocycles. The van der Waals surface area contributed by atoms with E-state index >= 15 is 0 Å². The fourth-order valence-electron chi connectivity index (χ4n) is 6.63. The van der Waals surface area contributed by atoms with Crippen molar-refractivity contribution in [1.82, 2.24) is 10.3 Å². The quantitative estimate of drug-likeness (QED) is 0.665. The average Bonchev–Trinajstić information content (AvgIpc) is 3.03. The lowest BCUT2D eigenvalue weighted by Gasteiger charge is -2.58. The van der Waals surface area contributed by atoms with Crippen LogP contribution >= 0.6 is 0 Å². The Labute approximate surface area is 147 Å². The van der Waals surface area contributed by atoms with E-state index in [1.54, 1.807) is 0 Å². The molecule has 128 valence electrons. The van der Waals surface area contributed by atoms with E-state index in [0.717, 1.165) is 53.7 Å². The van der Waals surface area contributed by atoms with Crippen molar-refractivity contribution in [2.24, 2.45) is 28.8 Å². The largest absolute Gasteiger partial charge is 0.465 e. The number of hydrazone groups is 1. The van der Waals surface area contributed by atoms with Crippen molar-refractivity contribution in [2.75, 3.05) is 0 Å². The summed E-state index contributed by atoms with van der Waals surface area (Å²) in [6.45, 7) is 0. The van der Waals surface area contributed by atoms with Crippen LogP contribution in [0, 0.1) is 23.7 Å². The van der Waals surface area contributed by atoms with Crippen LogP contribution in [-0.2, 0) is 6.42 Å². The predicted molar refractivity (Wildman–Crippen MR) is 96.2 cm³/mol.